The molecule has 0 bridgehead atoms. The van der Waals surface area contributed by atoms with Gasteiger partial charge in [0.15, 0.2) is 0 Å². The molecule has 5 nitrogen and oxygen atoms in total. The first-order valence-corrected chi connectivity index (χ1v) is 6.81. The second-order valence-electron chi connectivity index (χ2n) is 5.60. The van der Waals surface area contributed by atoms with Gasteiger partial charge in [-0.05, 0) is 32.4 Å². The number of carbonyl (C=O) groups excluding carboxylic acids is 1. The summed E-state index contributed by atoms with van der Waals surface area (Å²) in [7, 11) is 0. The molecule has 108 valence electrons. The van der Waals surface area contributed by atoms with E-state index >= 15 is 0 Å². The van der Waals surface area contributed by atoms with Crippen LogP contribution in [0.3, 0.4) is 0 Å². The minimum absolute atomic E-state index is 0.0520. The van der Waals surface area contributed by atoms with Crippen LogP contribution in [0, 0.1) is 0 Å². The van der Waals surface area contributed by atoms with E-state index in [1.54, 1.807) is 17.0 Å². The van der Waals surface area contributed by atoms with Gasteiger partial charge in [0.2, 0.25) is 5.91 Å². The van der Waals surface area contributed by atoms with Gasteiger partial charge in [0.25, 0.3) is 0 Å². The number of aromatic nitrogens is 2. The van der Waals surface area contributed by atoms with E-state index in [-0.39, 0.29) is 24.6 Å². The summed E-state index contributed by atoms with van der Waals surface area (Å²) in [6, 6.07) is 3.73. The van der Waals surface area contributed by atoms with E-state index in [0.717, 1.165) is 23.0 Å². The molecule has 0 fully saturated rings. The van der Waals surface area contributed by atoms with Crippen LogP contribution in [-0.2, 0) is 17.9 Å². The summed E-state index contributed by atoms with van der Waals surface area (Å²) >= 11 is 0. The zero-order valence-electron chi connectivity index (χ0n) is 12.2. The van der Waals surface area contributed by atoms with Crippen LogP contribution in [-0.4, -0.2) is 26.1 Å². The van der Waals surface area contributed by atoms with Crippen molar-refractivity contribution in [3.05, 3.63) is 30.1 Å². The van der Waals surface area contributed by atoms with E-state index in [2.05, 4.69) is 10.3 Å². The molecule has 0 aliphatic heterocycles. The molecule has 0 unspecified atom stereocenters. The van der Waals surface area contributed by atoms with Gasteiger partial charge < -0.3 is 15.0 Å². The molecule has 0 atom stereocenters. The lowest BCUT2D eigenvalue weighted by Crippen LogP contribution is -2.44. The fourth-order valence-electron chi connectivity index (χ4n) is 2.10. The van der Waals surface area contributed by atoms with E-state index in [4.69, 9.17) is 0 Å². The third-order valence-corrected chi connectivity index (χ3v) is 3.56. The molecule has 2 N–H and O–H groups in total. The van der Waals surface area contributed by atoms with Gasteiger partial charge in [-0.2, -0.15) is 0 Å². The van der Waals surface area contributed by atoms with Crippen LogP contribution in [0.5, 0.6) is 0 Å². The van der Waals surface area contributed by atoms with E-state index in [1.807, 2.05) is 32.9 Å². The molecule has 2 heterocycles. The zero-order valence-corrected chi connectivity index (χ0v) is 12.2. The van der Waals surface area contributed by atoms with Crippen molar-refractivity contribution >= 4 is 16.9 Å². The van der Waals surface area contributed by atoms with Crippen LogP contribution in [0.1, 0.15) is 32.8 Å². The normalized spacial score (nSPS) is 11.8. The van der Waals surface area contributed by atoms with Crippen molar-refractivity contribution in [1.82, 2.24) is 14.9 Å². The fourth-order valence-corrected chi connectivity index (χ4v) is 2.10. The molecule has 0 radical (unpaired) electrons. The Morgan fingerprint density at radius 2 is 2.25 bits per heavy atom. The highest BCUT2D eigenvalue weighted by Gasteiger charge is 2.19. The molecule has 1 amide bonds. The van der Waals surface area contributed by atoms with E-state index in [0.29, 0.717) is 0 Å². The molecule has 0 aliphatic rings. The summed E-state index contributed by atoms with van der Waals surface area (Å²) in [6.07, 6.45) is 4.34. The first-order valence-electron chi connectivity index (χ1n) is 6.81. The summed E-state index contributed by atoms with van der Waals surface area (Å²) in [5.41, 5.74) is 1.30. The lowest BCUT2D eigenvalue weighted by molar-refractivity contribution is -0.123. The van der Waals surface area contributed by atoms with Crippen LogP contribution in [0.2, 0.25) is 0 Å². The van der Waals surface area contributed by atoms with Crippen LogP contribution in [0.15, 0.2) is 24.5 Å². The Kier molecular flexibility index (Phi) is 4.09. The van der Waals surface area contributed by atoms with Gasteiger partial charge in [-0.25, -0.2) is 4.98 Å². The van der Waals surface area contributed by atoms with Crippen LogP contribution in [0.4, 0.5) is 0 Å². The molecular formula is C15H21N3O2. The summed E-state index contributed by atoms with van der Waals surface area (Å²) in [5, 5.41) is 13.2. The number of amides is 1. The predicted molar refractivity (Wildman–Crippen MR) is 78.2 cm³/mol. The number of nitrogens with one attached hydrogen (secondary N) is 1. The lowest BCUT2D eigenvalue weighted by Gasteiger charge is -2.24. The van der Waals surface area contributed by atoms with Crippen LogP contribution >= 0.6 is 0 Å². The monoisotopic (exact) mass is 275 g/mol. The molecule has 0 spiro atoms. The molecule has 0 saturated carbocycles. The number of aliphatic hydroxyl groups is 1. The number of aliphatic hydroxyl groups excluding tert-OH is 1. The SMILES string of the molecule is CCC(C)(C)NC(=O)Cn1cc(CO)c2cccnc21. The Labute approximate surface area is 118 Å². The second kappa shape index (κ2) is 5.63. The quantitative estimate of drug-likeness (QED) is 0.875. The number of hydrogen-bond donors (Lipinski definition) is 2. The van der Waals surface area contributed by atoms with Crippen molar-refractivity contribution in [2.75, 3.05) is 0 Å². The average molecular weight is 275 g/mol. The molecule has 2 rings (SSSR count). The number of pyridine rings is 1. The Balaban J connectivity index is 2.24. The van der Waals surface area contributed by atoms with E-state index in [1.165, 1.54) is 0 Å². The van der Waals surface area contributed by atoms with Crippen LogP contribution in [0.25, 0.3) is 11.0 Å². The largest absolute Gasteiger partial charge is 0.392 e. The van der Waals surface area contributed by atoms with Crippen LogP contribution < -0.4 is 5.32 Å². The van der Waals surface area contributed by atoms with Gasteiger partial charge in [-0.1, -0.05) is 6.92 Å². The number of fused-ring (bicyclic) bond motifs is 1. The smallest absolute Gasteiger partial charge is 0.240 e. The summed E-state index contributed by atoms with van der Waals surface area (Å²) in [4.78, 5) is 16.4. The molecule has 20 heavy (non-hydrogen) atoms. The maximum absolute atomic E-state index is 12.1. The summed E-state index contributed by atoms with van der Waals surface area (Å²) < 4.78 is 1.78. The zero-order chi connectivity index (χ0) is 14.8. The molecule has 2 aromatic rings. The molecule has 0 aromatic carbocycles. The topological polar surface area (TPSA) is 67.2 Å². The molecule has 2 aromatic heterocycles. The first kappa shape index (κ1) is 14.5. The molecule has 0 saturated heterocycles. The Morgan fingerprint density at radius 1 is 1.50 bits per heavy atom. The van der Waals surface area contributed by atoms with Gasteiger partial charge in [-0.15, -0.1) is 0 Å². The van der Waals surface area contributed by atoms with E-state index < -0.39 is 0 Å². The Bertz CT molecular complexity index is 617. The van der Waals surface area contributed by atoms with Crippen molar-refractivity contribution in [2.45, 2.75) is 45.9 Å². The molecule has 5 heteroatoms. The second-order valence-corrected chi connectivity index (χ2v) is 5.60. The maximum Gasteiger partial charge on any atom is 0.240 e. The highest BCUT2D eigenvalue weighted by molar-refractivity contribution is 5.83. The number of rotatable bonds is 5. The van der Waals surface area contributed by atoms with Crippen molar-refractivity contribution in [1.29, 1.82) is 0 Å². The van der Waals surface area contributed by atoms with Gasteiger partial charge in [0.05, 0.1) is 6.61 Å². The summed E-state index contributed by atoms with van der Waals surface area (Å²) in [5.74, 6) is -0.0520. The van der Waals surface area contributed by atoms with Crippen molar-refractivity contribution in [3.8, 4) is 0 Å². The van der Waals surface area contributed by atoms with Gasteiger partial charge >= 0.3 is 0 Å². The van der Waals surface area contributed by atoms with E-state index in [9.17, 15) is 9.90 Å². The minimum Gasteiger partial charge on any atom is -0.392 e. The minimum atomic E-state index is -0.215. The van der Waals surface area contributed by atoms with Crippen molar-refractivity contribution < 1.29 is 9.90 Å². The average Bonchev–Trinajstić information content (AvgIpc) is 2.76. The Hall–Kier alpha value is -1.88. The van der Waals surface area contributed by atoms with Gasteiger partial charge in [-0.3, -0.25) is 4.79 Å². The predicted octanol–water partition coefficient (Wildman–Crippen LogP) is 1.83. The Morgan fingerprint density at radius 3 is 2.90 bits per heavy atom. The first-order chi connectivity index (χ1) is 9.46. The van der Waals surface area contributed by atoms with Gasteiger partial charge in [0.1, 0.15) is 12.2 Å². The maximum atomic E-state index is 12.1. The third-order valence-electron chi connectivity index (χ3n) is 3.56. The third kappa shape index (κ3) is 2.99. The highest BCUT2D eigenvalue weighted by atomic mass is 16.3. The van der Waals surface area contributed by atoms with Crippen molar-refractivity contribution in [2.24, 2.45) is 0 Å². The van der Waals surface area contributed by atoms with Gasteiger partial charge in [0, 0.05) is 28.9 Å². The number of hydrogen-bond acceptors (Lipinski definition) is 3. The summed E-state index contributed by atoms with van der Waals surface area (Å²) in [6.45, 7) is 6.18. The van der Waals surface area contributed by atoms with Crippen molar-refractivity contribution in [3.63, 3.8) is 0 Å². The highest BCUT2D eigenvalue weighted by Crippen LogP contribution is 2.19. The lowest BCUT2D eigenvalue weighted by atomic mass is 10.0. The molecule has 0 aliphatic carbocycles. The standard InChI is InChI=1S/C15H21N3O2/c1-4-15(2,3)17-13(20)9-18-8-11(10-19)12-6-5-7-16-14(12)18/h5-8,19H,4,9-10H2,1-3H3,(H,17,20). The number of nitrogens with zero attached hydrogens (tertiary/aromatic N) is 2. The number of carbonyl (C=O) groups is 1. The molecular weight excluding hydrogens is 254 g/mol. The fraction of sp³-hybridized carbons (Fsp3) is 0.467.